The third-order valence-corrected chi connectivity index (χ3v) is 5.20. The molecule has 2 rings (SSSR count). The van der Waals surface area contributed by atoms with E-state index in [0.29, 0.717) is 5.75 Å². The number of aryl methyl sites for hydroxylation is 2. The van der Waals surface area contributed by atoms with Crippen molar-refractivity contribution in [2.45, 2.75) is 31.4 Å². The van der Waals surface area contributed by atoms with Crippen LogP contribution < -0.4 is 5.32 Å². The predicted octanol–water partition coefficient (Wildman–Crippen LogP) is 5.29. The van der Waals surface area contributed by atoms with Crippen molar-refractivity contribution in [2.75, 3.05) is 16.8 Å². The van der Waals surface area contributed by atoms with E-state index in [-0.39, 0.29) is 5.91 Å². The van der Waals surface area contributed by atoms with Crippen LogP contribution in [0.4, 0.5) is 5.69 Å². The van der Waals surface area contributed by atoms with E-state index in [2.05, 4.69) is 44.3 Å². The topological polar surface area (TPSA) is 29.1 Å². The first-order valence-corrected chi connectivity index (χ1v) is 9.89. The number of nitrogens with one attached hydrogen (secondary N) is 1. The van der Waals surface area contributed by atoms with Crippen LogP contribution in [-0.4, -0.2) is 17.4 Å². The summed E-state index contributed by atoms with van der Waals surface area (Å²) in [5.41, 5.74) is 4.74. The second-order valence-corrected chi connectivity index (χ2v) is 7.76. The fourth-order valence-corrected chi connectivity index (χ4v) is 3.97. The van der Waals surface area contributed by atoms with E-state index in [4.69, 9.17) is 0 Å². The first-order valence-electron chi connectivity index (χ1n) is 7.75. The Morgan fingerprint density at radius 3 is 2.48 bits per heavy atom. The Morgan fingerprint density at radius 2 is 1.78 bits per heavy atom. The van der Waals surface area contributed by atoms with Gasteiger partial charge in [0.25, 0.3) is 0 Å². The zero-order chi connectivity index (χ0) is 16.7. The number of anilines is 1. The maximum Gasteiger partial charge on any atom is 0.234 e. The molecule has 0 atom stereocenters. The Hall–Kier alpha value is -1.39. The Labute approximate surface area is 147 Å². The Morgan fingerprint density at radius 1 is 1.09 bits per heavy atom. The maximum atomic E-state index is 12.2. The van der Waals surface area contributed by atoms with Gasteiger partial charge in [0.1, 0.15) is 0 Å². The second-order valence-electron chi connectivity index (χ2n) is 5.47. The molecule has 1 amide bonds. The number of carbonyl (C=O) groups excluding carboxylic acids is 1. The molecular formula is C19H23NOS2. The fourth-order valence-electron chi connectivity index (χ4n) is 2.45. The minimum Gasteiger partial charge on any atom is -0.324 e. The third kappa shape index (κ3) is 5.96. The highest BCUT2D eigenvalue weighted by Gasteiger charge is 2.07. The molecule has 0 aromatic heterocycles. The van der Waals surface area contributed by atoms with Crippen molar-refractivity contribution in [2.24, 2.45) is 0 Å². The quantitative estimate of drug-likeness (QED) is 0.692. The molecule has 2 aromatic carbocycles. The standard InChI is InChI=1S/C19H23NOS2/c1-4-23-18-8-6-5-7-17(18)20-19(21)13-22-12-16-10-14(2)9-15(3)11-16/h5-11H,4,12-13H2,1-3H3,(H,20,21). The predicted molar refractivity (Wildman–Crippen MR) is 104 cm³/mol. The van der Waals surface area contributed by atoms with Crippen molar-refractivity contribution < 1.29 is 4.79 Å². The van der Waals surface area contributed by atoms with Gasteiger partial charge in [-0.2, -0.15) is 0 Å². The van der Waals surface area contributed by atoms with Gasteiger partial charge >= 0.3 is 0 Å². The summed E-state index contributed by atoms with van der Waals surface area (Å²) < 4.78 is 0. The lowest BCUT2D eigenvalue weighted by Gasteiger charge is -2.10. The zero-order valence-electron chi connectivity index (χ0n) is 13.9. The van der Waals surface area contributed by atoms with Crippen LogP contribution in [-0.2, 0) is 10.5 Å². The highest BCUT2D eigenvalue weighted by Crippen LogP contribution is 2.26. The highest BCUT2D eigenvalue weighted by molar-refractivity contribution is 7.99. The van der Waals surface area contributed by atoms with Crippen molar-refractivity contribution >= 4 is 35.1 Å². The molecule has 0 heterocycles. The van der Waals surface area contributed by atoms with Gasteiger partial charge in [-0.25, -0.2) is 0 Å². The molecule has 0 aliphatic carbocycles. The lowest BCUT2D eigenvalue weighted by Crippen LogP contribution is -2.14. The average molecular weight is 346 g/mol. The molecule has 23 heavy (non-hydrogen) atoms. The number of para-hydroxylation sites is 1. The van der Waals surface area contributed by atoms with E-state index in [1.54, 1.807) is 23.5 Å². The van der Waals surface area contributed by atoms with Crippen LogP contribution in [0, 0.1) is 13.8 Å². The minimum absolute atomic E-state index is 0.0588. The van der Waals surface area contributed by atoms with E-state index >= 15 is 0 Å². The number of hydrogen-bond donors (Lipinski definition) is 1. The van der Waals surface area contributed by atoms with Crippen molar-refractivity contribution in [3.05, 3.63) is 59.2 Å². The molecule has 0 aliphatic heterocycles. The Bertz CT molecular complexity index is 650. The van der Waals surface area contributed by atoms with Gasteiger partial charge in [-0.05, 0) is 37.3 Å². The fraction of sp³-hybridized carbons (Fsp3) is 0.316. The van der Waals surface area contributed by atoms with Crippen molar-refractivity contribution in [1.82, 2.24) is 0 Å². The third-order valence-electron chi connectivity index (χ3n) is 3.24. The summed E-state index contributed by atoms with van der Waals surface area (Å²) in [6, 6.07) is 14.5. The van der Waals surface area contributed by atoms with Crippen LogP contribution in [0.15, 0.2) is 47.4 Å². The molecular weight excluding hydrogens is 322 g/mol. The molecule has 0 radical (unpaired) electrons. The summed E-state index contributed by atoms with van der Waals surface area (Å²) in [6.07, 6.45) is 0. The summed E-state index contributed by atoms with van der Waals surface area (Å²) in [6.45, 7) is 6.33. The van der Waals surface area contributed by atoms with E-state index < -0.39 is 0 Å². The van der Waals surface area contributed by atoms with Gasteiger partial charge in [-0.1, -0.05) is 48.4 Å². The highest BCUT2D eigenvalue weighted by atomic mass is 32.2. The van der Waals surface area contributed by atoms with Crippen molar-refractivity contribution in [3.63, 3.8) is 0 Å². The molecule has 122 valence electrons. The van der Waals surface area contributed by atoms with Crippen LogP contribution in [0.3, 0.4) is 0 Å². The molecule has 0 saturated carbocycles. The molecule has 1 N–H and O–H groups in total. The van der Waals surface area contributed by atoms with Crippen LogP contribution in [0.1, 0.15) is 23.6 Å². The average Bonchev–Trinajstić information content (AvgIpc) is 2.48. The van der Waals surface area contributed by atoms with Gasteiger partial charge < -0.3 is 5.32 Å². The molecule has 0 aliphatic rings. The van der Waals surface area contributed by atoms with Gasteiger partial charge in [0.2, 0.25) is 5.91 Å². The van der Waals surface area contributed by atoms with Gasteiger partial charge in [-0.3, -0.25) is 4.79 Å². The number of rotatable bonds is 7. The largest absolute Gasteiger partial charge is 0.324 e. The van der Waals surface area contributed by atoms with Gasteiger partial charge in [-0.15, -0.1) is 23.5 Å². The van der Waals surface area contributed by atoms with E-state index in [9.17, 15) is 4.79 Å². The number of hydrogen-bond acceptors (Lipinski definition) is 3. The molecule has 0 bridgehead atoms. The second kappa shape index (κ2) is 9.04. The molecule has 0 unspecified atom stereocenters. The van der Waals surface area contributed by atoms with Gasteiger partial charge in [0.05, 0.1) is 11.4 Å². The zero-order valence-corrected chi connectivity index (χ0v) is 15.5. The van der Waals surface area contributed by atoms with Crippen LogP contribution in [0.5, 0.6) is 0 Å². The lowest BCUT2D eigenvalue weighted by molar-refractivity contribution is -0.113. The van der Waals surface area contributed by atoms with Crippen molar-refractivity contribution in [3.8, 4) is 0 Å². The molecule has 0 fully saturated rings. The minimum atomic E-state index is 0.0588. The SMILES string of the molecule is CCSc1ccccc1NC(=O)CSCc1cc(C)cc(C)c1. The van der Waals surface area contributed by atoms with E-state index in [1.807, 2.05) is 24.3 Å². The molecule has 4 heteroatoms. The summed E-state index contributed by atoms with van der Waals surface area (Å²) in [7, 11) is 0. The maximum absolute atomic E-state index is 12.2. The number of carbonyl (C=O) groups is 1. The molecule has 0 saturated heterocycles. The Balaban J connectivity index is 1.86. The number of amides is 1. The van der Waals surface area contributed by atoms with E-state index in [1.165, 1.54) is 16.7 Å². The summed E-state index contributed by atoms with van der Waals surface area (Å²) in [5, 5.41) is 3.02. The first kappa shape index (κ1) is 18.0. The molecule has 2 aromatic rings. The monoisotopic (exact) mass is 345 g/mol. The lowest BCUT2D eigenvalue weighted by atomic mass is 10.1. The molecule has 2 nitrogen and oxygen atoms in total. The van der Waals surface area contributed by atoms with Gasteiger partial charge in [0, 0.05) is 10.6 Å². The van der Waals surface area contributed by atoms with Crippen molar-refractivity contribution in [1.29, 1.82) is 0 Å². The Kier molecular flexibility index (Phi) is 7.06. The van der Waals surface area contributed by atoms with Crippen LogP contribution >= 0.6 is 23.5 Å². The normalized spacial score (nSPS) is 10.6. The summed E-state index contributed by atoms with van der Waals surface area (Å²) >= 11 is 3.40. The van der Waals surface area contributed by atoms with Gasteiger partial charge in [0.15, 0.2) is 0 Å². The first-order chi connectivity index (χ1) is 11.1. The summed E-state index contributed by atoms with van der Waals surface area (Å²) in [4.78, 5) is 13.3. The smallest absolute Gasteiger partial charge is 0.234 e. The van der Waals surface area contributed by atoms with Crippen LogP contribution in [0.2, 0.25) is 0 Å². The summed E-state index contributed by atoms with van der Waals surface area (Å²) in [5.74, 6) is 2.39. The van der Waals surface area contributed by atoms with E-state index in [0.717, 1.165) is 22.1 Å². The number of benzene rings is 2. The molecule has 0 spiro atoms. The van der Waals surface area contributed by atoms with Crippen LogP contribution in [0.25, 0.3) is 0 Å². The number of thioether (sulfide) groups is 2.